The summed E-state index contributed by atoms with van der Waals surface area (Å²) >= 11 is 12.0. The van der Waals surface area contributed by atoms with Gasteiger partial charge >= 0.3 is 0 Å². The molecule has 0 unspecified atom stereocenters. The van der Waals surface area contributed by atoms with Crippen molar-refractivity contribution < 1.29 is 4.74 Å². The van der Waals surface area contributed by atoms with Crippen molar-refractivity contribution in [3.05, 3.63) is 27.7 Å². The number of hydrogen-bond donors (Lipinski definition) is 1. The molecule has 0 saturated heterocycles. The third kappa shape index (κ3) is 3.85. The van der Waals surface area contributed by atoms with Crippen LogP contribution in [0.5, 0.6) is 5.75 Å². The van der Waals surface area contributed by atoms with Crippen LogP contribution >= 0.6 is 23.2 Å². The van der Waals surface area contributed by atoms with Gasteiger partial charge in [0.05, 0.1) is 11.6 Å². The minimum Gasteiger partial charge on any atom is -0.492 e. The molecule has 0 atom stereocenters. The molecule has 0 bridgehead atoms. The molecule has 0 amide bonds. The topological polar surface area (TPSA) is 35.2 Å². The summed E-state index contributed by atoms with van der Waals surface area (Å²) in [6, 6.07) is 3.47. The molecule has 0 aliphatic rings. The average Bonchev–Trinajstić information content (AvgIpc) is 2.26. The fourth-order valence-corrected chi connectivity index (χ4v) is 2.04. The number of halogens is 2. The Morgan fingerprint density at radius 1 is 1.25 bits per heavy atom. The summed E-state index contributed by atoms with van der Waals surface area (Å²) in [6.45, 7) is 3.20. The van der Waals surface area contributed by atoms with Gasteiger partial charge < -0.3 is 10.5 Å². The lowest BCUT2D eigenvalue weighted by Gasteiger charge is -2.12. The van der Waals surface area contributed by atoms with Gasteiger partial charge in [-0.3, -0.25) is 0 Å². The minimum atomic E-state index is 0.378. The van der Waals surface area contributed by atoms with E-state index >= 15 is 0 Å². The lowest BCUT2D eigenvalue weighted by atomic mass is 10.2. The number of ether oxygens (including phenoxy) is 1. The number of rotatable bonds is 6. The highest BCUT2D eigenvalue weighted by Gasteiger charge is 2.09. The van der Waals surface area contributed by atoms with Crippen LogP contribution in [0.25, 0.3) is 0 Å². The normalized spacial score (nSPS) is 10.5. The Hall–Kier alpha value is -0.440. The molecule has 2 N–H and O–H groups in total. The molecular formula is C12H17Cl2NO. The molecule has 16 heavy (non-hydrogen) atoms. The van der Waals surface area contributed by atoms with Gasteiger partial charge in [-0.1, -0.05) is 43.0 Å². The maximum Gasteiger partial charge on any atom is 0.142 e. The first-order valence-corrected chi connectivity index (χ1v) is 6.25. The molecule has 0 aliphatic carbocycles. The largest absolute Gasteiger partial charge is 0.492 e. The lowest BCUT2D eigenvalue weighted by molar-refractivity contribution is 0.303. The summed E-state index contributed by atoms with van der Waals surface area (Å²) < 4.78 is 5.65. The lowest BCUT2D eigenvalue weighted by Crippen LogP contribution is -2.04. The highest BCUT2D eigenvalue weighted by molar-refractivity contribution is 6.35. The number of nitrogens with two attached hydrogens (primary N) is 1. The van der Waals surface area contributed by atoms with Gasteiger partial charge in [0.15, 0.2) is 0 Å². The molecule has 0 fully saturated rings. The standard InChI is InChI=1S/C12H17Cl2NO/c1-2-3-4-5-16-12-9(8-15)6-10(13)7-11(12)14/h6-7H,2-5,8,15H2,1H3. The second kappa shape index (κ2) is 7.00. The van der Waals surface area contributed by atoms with E-state index in [-0.39, 0.29) is 0 Å². The third-order valence-corrected chi connectivity index (χ3v) is 2.80. The first-order valence-electron chi connectivity index (χ1n) is 5.49. The van der Waals surface area contributed by atoms with E-state index in [0.29, 0.717) is 28.9 Å². The Kier molecular flexibility index (Phi) is 5.96. The van der Waals surface area contributed by atoms with Crippen LogP contribution in [0.4, 0.5) is 0 Å². The van der Waals surface area contributed by atoms with Crippen LogP contribution in [-0.2, 0) is 6.54 Å². The highest BCUT2D eigenvalue weighted by Crippen LogP contribution is 2.32. The molecule has 0 aromatic heterocycles. The van der Waals surface area contributed by atoms with Crippen LogP contribution in [0, 0.1) is 0 Å². The summed E-state index contributed by atoms with van der Waals surface area (Å²) in [5.74, 6) is 0.671. The molecule has 0 heterocycles. The second-order valence-corrected chi connectivity index (χ2v) is 4.48. The van der Waals surface area contributed by atoms with Crippen molar-refractivity contribution in [2.75, 3.05) is 6.61 Å². The zero-order chi connectivity index (χ0) is 12.0. The Labute approximate surface area is 107 Å². The van der Waals surface area contributed by atoms with Crippen LogP contribution in [0.2, 0.25) is 10.0 Å². The van der Waals surface area contributed by atoms with Gasteiger partial charge in [0.2, 0.25) is 0 Å². The molecule has 0 radical (unpaired) electrons. The zero-order valence-corrected chi connectivity index (χ0v) is 10.9. The van der Waals surface area contributed by atoms with Gasteiger partial charge in [0.1, 0.15) is 5.75 Å². The van der Waals surface area contributed by atoms with Crippen molar-refractivity contribution in [1.82, 2.24) is 0 Å². The van der Waals surface area contributed by atoms with Gasteiger partial charge in [0, 0.05) is 17.1 Å². The molecule has 4 heteroatoms. The molecule has 90 valence electrons. The van der Waals surface area contributed by atoms with E-state index in [1.165, 1.54) is 6.42 Å². The van der Waals surface area contributed by atoms with Gasteiger partial charge in [-0.2, -0.15) is 0 Å². The van der Waals surface area contributed by atoms with E-state index in [2.05, 4.69) is 6.92 Å². The molecule has 1 aromatic carbocycles. The van der Waals surface area contributed by atoms with E-state index in [0.717, 1.165) is 18.4 Å². The highest BCUT2D eigenvalue weighted by atomic mass is 35.5. The van der Waals surface area contributed by atoms with Gasteiger partial charge in [-0.25, -0.2) is 0 Å². The number of unbranched alkanes of at least 4 members (excludes halogenated alkanes) is 2. The van der Waals surface area contributed by atoms with Crippen LogP contribution in [0.3, 0.4) is 0 Å². The fourth-order valence-electron chi connectivity index (χ4n) is 1.45. The maximum atomic E-state index is 6.06. The molecule has 2 nitrogen and oxygen atoms in total. The third-order valence-electron chi connectivity index (χ3n) is 2.30. The van der Waals surface area contributed by atoms with Crippen molar-refractivity contribution in [3.63, 3.8) is 0 Å². The summed E-state index contributed by atoms with van der Waals surface area (Å²) in [5.41, 5.74) is 6.48. The van der Waals surface area contributed by atoms with Crippen LogP contribution in [0.15, 0.2) is 12.1 Å². The quantitative estimate of drug-likeness (QED) is 0.786. The van der Waals surface area contributed by atoms with Crippen molar-refractivity contribution in [3.8, 4) is 5.75 Å². The number of benzene rings is 1. The summed E-state index contributed by atoms with van der Waals surface area (Å²) in [4.78, 5) is 0. The Bertz CT molecular complexity index is 342. The molecule has 1 rings (SSSR count). The summed E-state index contributed by atoms with van der Waals surface area (Å²) in [5, 5.41) is 1.12. The van der Waals surface area contributed by atoms with Gasteiger partial charge in [-0.05, 0) is 18.6 Å². The van der Waals surface area contributed by atoms with E-state index in [9.17, 15) is 0 Å². The first-order chi connectivity index (χ1) is 7.69. The van der Waals surface area contributed by atoms with E-state index in [1.807, 2.05) is 0 Å². The van der Waals surface area contributed by atoms with E-state index < -0.39 is 0 Å². The monoisotopic (exact) mass is 261 g/mol. The molecule has 0 aliphatic heterocycles. The van der Waals surface area contributed by atoms with Crippen molar-refractivity contribution in [2.45, 2.75) is 32.7 Å². The second-order valence-electron chi connectivity index (χ2n) is 3.64. The number of hydrogen-bond acceptors (Lipinski definition) is 2. The van der Waals surface area contributed by atoms with Crippen molar-refractivity contribution in [1.29, 1.82) is 0 Å². The smallest absolute Gasteiger partial charge is 0.142 e. The minimum absolute atomic E-state index is 0.378. The fraction of sp³-hybridized carbons (Fsp3) is 0.500. The SMILES string of the molecule is CCCCCOc1c(Cl)cc(Cl)cc1CN. The average molecular weight is 262 g/mol. The summed E-state index contributed by atoms with van der Waals surface area (Å²) in [7, 11) is 0. The van der Waals surface area contributed by atoms with Crippen LogP contribution in [-0.4, -0.2) is 6.61 Å². The predicted molar refractivity (Wildman–Crippen MR) is 69.4 cm³/mol. The Balaban J connectivity index is 2.70. The molecule has 1 aromatic rings. The molecule has 0 saturated carbocycles. The molecular weight excluding hydrogens is 245 g/mol. The zero-order valence-electron chi connectivity index (χ0n) is 9.43. The van der Waals surface area contributed by atoms with Crippen LogP contribution in [0.1, 0.15) is 31.7 Å². The summed E-state index contributed by atoms with van der Waals surface area (Å²) in [6.07, 6.45) is 3.35. The van der Waals surface area contributed by atoms with Crippen molar-refractivity contribution >= 4 is 23.2 Å². The van der Waals surface area contributed by atoms with Gasteiger partial charge in [-0.15, -0.1) is 0 Å². The first kappa shape index (κ1) is 13.6. The van der Waals surface area contributed by atoms with E-state index in [4.69, 9.17) is 33.7 Å². The Morgan fingerprint density at radius 3 is 2.62 bits per heavy atom. The van der Waals surface area contributed by atoms with Crippen molar-refractivity contribution in [2.24, 2.45) is 5.73 Å². The predicted octanol–water partition coefficient (Wildman–Crippen LogP) is 4.02. The van der Waals surface area contributed by atoms with Gasteiger partial charge in [0.25, 0.3) is 0 Å². The molecule has 0 spiro atoms. The Morgan fingerprint density at radius 2 is 2.00 bits per heavy atom. The van der Waals surface area contributed by atoms with Crippen LogP contribution < -0.4 is 10.5 Å². The maximum absolute atomic E-state index is 6.06. The van der Waals surface area contributed by atoms with E-state index in [1.54, 1.807) is 12.1 Å².